The molecule has 1 amide bonds. The zero-order valence-electron chi connectivity index (χ0n) is 20.4. The molecule has 0 fully saturated rings. The van der Waals surface area contributed by atoms with Crippen LogP contribution in [0, 0.1) is 0 Å². The van der Waals surface area contributed by atoms with Crippen LogP contribution in [0.15, 0.2) is 42.7 Å². The van der Waals surface area contributed by atoms with Gasteiger partial charge in [-0.1, -0.05) is 12.1 Å². The number of nitrogens with one attached hydrogen (secondary N) is 1. The summed E-state index contributed by atoms with van der Waals surface area (Å²) < 4.78 is 7.38. The molecule has 36 heavy (non-hydrogen) atoms. The van der Waals surface area contributed by atoms with Crippen LogP contribution < -0.4 is 10.1 Å². The molecular formula is C27H31N5O4. The second-order valence-corrected chi connectivity index (χ2v) is 9.24. The number of carboxylic acids is 1. The minimum atomic E-state index is -0.963. The number of rotatable bonds is 9. The van der Waals surface area contributed by atoms with Gasteiger partial charge < -0.3 is 24.6 Å². The Kier molecular flexibility index (Phi) is 6.88. The molecule has 5 heterocycles. The third-order valence-corrected chi connectivity index (χ3v) is 6.82. The van der Waals surface area contributed by atoms with Crippen molar-refractivity contribution in [2.75, 3.05) is 25.0 Å². The molecule has 0 saturated carbocycles. The lowest BCUT2D eigenvalue weighted by Crippen LogP contribution is -2.43. The van der Waals surface area contributed by atoms with E-state index in [1.165, 1.54) is 5.56 Å². The number of hydrogen-bond donors (Lipinski definition) is 2. The summed E-state index contributed by atoms with van der Waals surface area (Å²) in [5.74, 6) is 0.344. The van der Waals surface area contributed by atoms with Crippen LogP contribution in [0.5, 0.6) is 5.88 Å². The van der Waals surface area contributed by atoms with Gasteiger partial charge in [-0.05, 0) is 61.4 Å². The third kappa shape index (κ3) is 5.05. The number of fused-ring (bicyclic) bond motifs is 2. The van der Waals surface area contributed by atoms with Crippen molar-refractivity contribution < 1.29 is 19.4 Å². The standard InChI is InChI=1S/C27H31N5O4/c1-2-36-24-10-7-20(16-29-24)22(15-25(33)34)32-13-12-31-17-18(14-23(31)27(32)35)5-8-21-9-6-19-4-3-11-28-26(19)30-21/h6-7,9-10,14,16-17,22H,2-5,8,11-13,15H2,1H3,(H,28,30)(H,33,34)/t22-/m0/s1. The summed E-state index contributed by atoms with van der Waals surface area (Å²) in [5, 5.41) is 12.9. The van der Waals surface area contributed by atoms with E-state index in [-0.39, 0.29) is 12.3 Å². The smallest absolute Gasteiger partial charge is 0.305 e. The Morgan fingerprint density at radius 2 is 2.11 bits per heavy atom. The second kappa shape index (κ2) is 10.4. The van der Waals surface area contributed by atoms with Crippen molar-refractivity contribution in [2.45, 2.75) is 51.6 Å². The van der Waals surface area contributed by atoms with Gasteiger partial charge in [-0.2, -0.15) is 0 Å². The van der Waals surface area contributed by atoms with E-state index in [1.807, 2.05) is 23.8 Å². The SMILES string of the molecule is CCOc1ccc([C@H](CC(=O)O)N2CCn3cc(CCc4ccc5c(n4)NCCC5)cc3C2=O)cn1. The topological polar surface area (TPSA) is 110 Å². The first-order valence-electron chi connectivity index (χ1n) is 12.5. The molecule has 0 aliphatic carbocycles. The van der Waals surface area contributed by atoms with E-state index in [9.17, 15) is 14.7 Å². The predicted octanol–water partition coefficient (Wildman–Crippen LogP) is 3.49. The molecule has 5 rings (SSSR count). The Bertz CT molecular complexity index is 1250. The molecule has 0 saturated heterocycles. The molecular weight excluding hydrogens is 458 g/mol. The first kappa shape index (κ1) is 23.8. The van der Waals surface area contributed by atoms with Gasteiger partial charge in [-0.3, -0.25) is 9.59 Å². The number of aliphatic carboxylic acids is 1. The number of aromatic nitrogens is 3. The van der Waals surface area contributed by atoms with Gasteiger partial charge in [0.15, 0.2) is 0 Å². The zero-order chi connectivity index (χ0) is 25.1. The summed E-state index contributed by atoms with van der Waals surface area (Å²) in [6, 6.07) is 9.09. The lowest BCUT2D eigenvalue weighted by atomic mass is 10.0. The van der Waals surface area contributed by atoms with E-state index in [4.69, 9.17) is 9.72 Å². The van der Waals surface area contributed by atoms with Crippen LogP contribution in [0.2, 0.25) is 0 Å². The van der Waals surface area contributed by atoms with Crippen LogP contribution in [-0.4, -0.2) is 56.1 Å². The molecule has 9 nitrogen and oxygen atoms in total. The molecule has 2 aliphatic heterocycles. The predicted molar refractivity (Wildman–Crippen MR) is 134 cm³/mol. The number of pyridine rings is 2. The molecule has 2 N–H and O–H groups in total. The van der Waals surface area contributed by atoms with Gasteiger partial charge in [0.2, 0.25) is 5.88 Å². The van der Waals surface area contributed by atoms with Crippen molar-refractivity contribution in [3.05, 3.63) is 70.8 Å². The van der Waals surface area contributed by atoms with Crippen LogP contribution in [0.4, 0.5) is 5.82 Å². The van der Waals surface area contributed by atoms with E-state index in [0.29, 0.717) is 36.8 Å². The number of carbonyl (C=O) groups is 2. The molecule has 2 aliphatic rings. The van der Waals surface area contributed by atoms with Gasteiger partial charge in [-0.25, -0.2) is 9.97 Å². The maximum absolute atomic E-state index is 13.5. The Labute approximate surface area is 210 Å². The van der Waals surface area contributed by atoms with E-state index >= 15 is 0 Å². The molecule has 188 valence electrons. The number of ether oxygens (including phenoxy) is 1. The van der Waals surface area contributed by atoms with Crippen molar-refractivity contribution in [3.8, 4) is 5.88 Å². The third-order valence-electron chi connectivity index (χ3n) is 6.82. The fraction of sp³-hybridized carbons (Fsp3) is 0.407. The Morgan fingerprint density at radius 1 is 1.22 bits per heavy atom. The van der Waals surface area contributed by atoms with Gasteiger partial charge in [0, 0.05) is 43.8 Å². The highest BCUT2D eigenvalue weighted by Crippen LogP contribution is 2.30. The Balaban J connectivity index is 1.31. The summed E-state index contributed by atoms with van der Waals surface area (Å²) in [5.41, 5.74) is 4.65. The van der Waals surface area contributed by atoms with Crippen molar-refractivity contribution in [1.82, 2.24) is 19.4 Å². The van der Waals surface area contributed by atoms with Crippen molar-refractivity contribution >= 4 is 17.7 Å². The first-order chi connectivity index (χ1) is 17.5. The van der Waals surface area contributed by atoms with Crippen LogP contribution in [0.25, 0.3) is 0 Å². The molecule has 1 atom stereocenters. The molecule has 3 aromatic rings. The van der Waals surface area contributed by atoms with Gasteiger partial charge >= 0.3 is 5.97 Å². The van der Waals surface area contributed by atoms with Gasteiger partial charge in [-0.15, -0.1) is 0 Å². The summed E-state index contributed by atoms with van der Waals surface area (Å²) in [6.07, 6.45) is 7.22. The largest absolute Gasteiger partial charge is 0.481 e. The van der Waals surface area contributed by atoms with Crippen molar-refractivity contribution in [1.29, 1.82) is 0 Å². The van der Waals surface area contributed by atoms with Gasteiger partial charge in [0.1, 0.15) is 11.5 Å². The number of carbonyl (C=O) groups excluding carboxylic acids is 1. The Morgan fingerprint density at radius 3 is 2.89 bits per heavy atom. The second-order valence-electron chi connectivity index (χ2n) is 9.24. The van der Waals surface area contributed by atoms with Gasteiger partial charge in [0.25, 0.3) is 5.91 Å². The van der Waals surface area contributed by atoms with Crippen molar-refractivity contribution in [3.63, 3.8) is 0 Å². The molecule has 0 aromatic carbocycles. The number of nitrogens with zero attached hydrogens (tertiary/aromatic N) is 4. The lowest BCUT2D eigenvalue weighted by Gasteiger charge is -2.34. The maximum Gasteiger partial charge on any atom is 0.305 e. The van der Waals surface area contributed by atoms with E-state index in [1.54, 1.807) is 23.2 Å². The number of amides is 1. The minimum Gasteiger partial charge on any atom is -0.481 e. The number of aryl methyl sites for hydroxylation is 3. The number of hydrogen-bond acceptors (Lipinski definition) is 6. The number of carboxylic acid groups (broad SMARTS) is 1. The van der Waals surface area contributed by atoms with Crippen LogP contribution in [0.3, 0.4) is 0 Å². The maximum atomic E-state index is 13.5. The van der Waals surface area contributed by atoms with Crippen molar-refractivity contribution in [2.24, 2.45) is 0 Å². The zero-order valence-corrected chi connectivity index (χ0v) is 20.4. The summed E-state index contributed by atoms with van der Waals surface area (Å²) in [4.78, 5) is 35.8. The van der Waals surface area contributed by atoms with Crippen LogP contribution >= 0.6 is 0 Å². The Hall–Kier alpha value is -3.88. The first-order valence-corrected chi connectivity index (χ1v) is 12.5. The summed E-state index contributed by atoms with van der Waals surface area (Å²) in [7, 11) is 0. The minimum absolute atomic E-state index is 0.163. The summed E-state index contributed by atoms with van der Waals surface area (Å²) in [6.45, 7) is 4.38. The normalized spacial score (nSPS) is 15.6. The van der Waals surface area contributed by atoms with Gasteiger partial charge in [0.05, 0.1) is 19.1 Å². The quantitative estimate of drug-likeness (QED) is 0.473. The molecule has 0 radical (unpaired) electrons. The molecule has 0 spiro atoms. The number of anilines is 1. The molecule has 0 bridgehead atoms. The van der Waals surface area contributed by atoms with Crippen LogP contribution in [0.1, 0.15) is 58.7 Å². The molecule has 9 heteroatoms. The fourth-order valence-electron chi connectivity index (χ4n) is 5.01. The van der Waals surface area contributed by atoms with E-state index in [2.05, 4.69) is 22.4 Å². The van der Waals surface area contributed by atoms with E-state index < -0.39 is 12.0 Å². The highest BCUT2D eigenvalue weighted by atomic mass is 16.5. The highest BCUT2D eigenvalue weighted by Gasteiger charge is 2.33. The van der Waals surface area contributed by atoms with E-state index in [0.717, 1.165) is 49.3 Å². The molecule has 3 aromatic heterocycles. The average molecular weight is 490 g/mol. The summed E-state index contributed by atoms with van der Waals surface area (Å²) >= 11 is 0. The van der Waals surface area contributed by atoms with Crippen LogP contribution in [-0.2, 0) is 30.6 Å². The average Bonchev–Trinajstić information content (AvgIpc) is 3.31. The lowest BCUT2D eigenvalue weighted by molar-refractivity contribution is -0.138. The monoisotopic (exact) mass is 489 g/mol. The molecule has 0 unspecified atom stereocenters. The fourth-order valence-corrected chi connectivity index (χ4v) is 5.01. The highest BCUT2D eigenvalue weighted by molar-refractivity contribution is 5.94.